The van der Waals surface area contributed by atoms with E-state index in [-0.39, 0.29) is 22.3 Å². The van der Waals surface area contributed by atoms with E-state index in [1.807, 2.05) is 0 Å². The molecule has 0 saturated heterocycles. The summed E-state index contributed by atoms with van der Waals surface area (Å²) in [6.07, 6.45) is 1.59. The predicted octanol–water partition coefficient (Wildman–Crippen LogP) is 2.40. The van der Waals surface area contributed by atoms with Gasteiger partial charge >= 0.3 is 0 Å². The van der Waals surface area contributed by atoms with Gasteiger partial charge in [-0.2, -0.15) is 0 Å². The highest BCUT2D eigenvalue weighted by Gasteiger charge is 2.21. The quantitative estimate of drug-likeness (QED) is 0.763. The minimum atomic E-state index is -0.279. The third-order valence-corrected chi connectivity index (χ3v) is 2.90. The van der Waals surface area contributed by atoms with Crippen LogP contribution in [-0.4, -0.2) is 16.6 Å². The van der Waals surface area contributed by atoms with E-state index >= 15 is 0 Å². The van der Waals surface area contributed by atoms with Gasteiger partial charge in [0.25, 0.3) is 0 Å². The first-order valence-corrected chi connectivity index (χ1v) is 5.63. The zero-order valence-electron chi connectivity index (χ0n) is 9.64. The van der Waals surface area contributed by atoms with Crippen molar-refractivity contribution in [3.05, 3.63) is 46.6 Å². The van der Waals surface area contributed by atoms with Crippen molar-refractivity contribution in [2.24, 2.45) is 10.7 Å². The van der Waals surface area contributed by atoms with Crippen LogP contribution in [0, 0.1) is 0 Å². The molecule has 0 saturated carbocycles. The first-order valence-electron chi connectivity index (χ1n) is 5.25. The van der Waals surface area contributed by atoms with Crippen molar-refractivity contribution in [2.45, 2.75) is 6.92 Å². The summed E-state index contributed by atoms with van der Waals surface area (Å²) < 4.78 is 0. The number of aromatic hydroxyl groups is 1. The molecule has 18 heavy (non-hydrogen) atoms. The zero-order valence-corrected chi connectivity index (χ0v) is 10.4. The van der Waals surface area contributed by atoms with E-state index in [0.717, 1.165) is 0 Å². The molecule has 1 aliphatic rings. The summed E-state index contributed by atoms with van der Waals surface area (Å²) in [5.74, 6) is -0.120. The van der Waals surface area contributed by atoms with E-state index in [1.165, 1.54) is 12.1 Å². The number of hydrogen-bond donors (Lipinski definition) is 2. The highest BCUT2D eigenvalue weighted by molar-refractivity contribution is 6.49. The maximum atomic E-state index is 11.6. The van der Waals surface area contributed by atoms with E-state index in [2.05, 4.69) is 4.99 Å². The summed E-state index contributed by atoms with van der Waals surface area (Å²) in [5, 5.41) is 9.17. The van der Waals surface area contributed by atoms with Crippen molar-refractivity contribution in [1.82, 2.24) is 0 Å². The van der Waals surface area contributed by atoms with Crippen LogP contribution in [0.15, 0.2) is 51.6 Å². The van der Waals surface area contributed by atoms with Crippen molar-refractivity contribution in [3.63, 3.8) is 0 Å². The lowest BCUT2D eigenvalue weighted by atomic mass is 10.0. The van der Waals surface area contributed by atoms with Gasteiger partial charge in [0, 0.05) is 5.57 Å². The lowest BCUT2D eigenvalue weighted by molar-refractivity contribution is -0.111. The zero-order chi connectivity index (χ0) is 13.3. The number of Topliss-reactive ketones (excluding diaryl/α,β-unsaturated/α-hetero) is 1. The predicted molar refractivity (Wildman–Crippen MR) is 71.0 cm³/mol. The highest BCUT2D eigenvalue weighted by Crippen LogP contribution is 2.23. The molecule has 0 heterocycles. The molecule has 0 unspecified atom stereocenters. The smallest absolute Gasteiger partial charge is 0.202 e. The van der Waals surface area contributed by atoms with E-state index in [9.17, 15) is 9.90 Å². The van der Waals surface area contributed by atoms with Gasteiger partial charge in [0.2, 0.25) is 5.78 Å². The van der Waals surface area contributed by atoms with Crippen LogP contribution in [0.1, 0.15) is 6.92 Å². The molecule has 92 valence electrons. The maximum Gasteiger partial charge on any atom is 0.202 e. The summed E-state index contributed by atoms with van der Waals surface area (Å²) in [5.41, 5.74) is 7.48. The standard InChI is InChI=1S/C13H11ClN2O2/c1-7-6-10(12(15)11(14)13(7)18)16-8-2-4-9(17)5-3-8/h2-6,17H,15H2,1H3/b16-10+. The van der Waals surface area contributed by atoms with Gasteiger partial charge in [-0.3, -0.25) is 4.79 Å². The van der Waals surface area contributed by atoms with Crippen LogP contribution < -0.4 is 5.73 Å². The van der Waals surface area contributed by atoms with Gasteiger partial charge in [0.05, 0.1) is 17.1 Å². The molecule has 0 aromatic heterocycles. The summed E-state index contributed by atoms with van der Waals surface area (Å²) in [4.78, 5) is 15.8. The molecule has 2 rings (SSSR count). The Morgan fingerprint density at radius 3 is 2.50 bits per heavy atom. The molecule has 0 aliphatic heterocycles. The Hall–Kier alpha value is -2.07. The number of carbonyl (C=O) groups is 1. The lowest BCUT2D eigenvalue weighted by Gasteiger charge is -2.12. The Kier molecular flexibility index (Phi) is 3.21. The monoisotopic (exact) mass is 262 g/mol. The van der Waals surface area contributed by atoms with Crippen molar-refractivity contribution in [2.75, 3.05) is 0 Å². The van der Waals surface area contributed by atoms with Gasteiger partial charge in [0.15, 0.2) is 0 Å². The fraction of sp³-hybridized carbons (Fsp3) is 0.0769. The Morgan fingerprint density at radius 2 is 1.89 bits per heavy atom. The second kappa shape index (κ2) is 4.66. The number of phenols is 1. The minimum Gasteiger partial charge on any atom is -0.508 e. The SMILES string of the molecule is CC1=C/C(=N\c2ccc(O)cc2)C(N)=C(Cl)C1=O. The van der Waals surface area contributed by atoms with Crippen LogP contribution in [0.4, 0.5) is 5.69 Å². The van der Waals surface area contributed by atoms with Crippen molar-refractivity contribution < 1.29 is 9.90 Å². The van der Waals surface area contributed by atoms with Gasteiger partial charge < -0.3 is 10.8 Å². The summed E-state index contributed by atoms with van der Waals surface area (Å²) in [6.45, 7) is 1.66. The number of aliphatic imine (C=N–C) groups is 1. The van der Waals surface area contributed by atoms with Crippen LogP contribution in [0.2, 0.25) is 0 Å². The van der Waals surface area contributed by atoms with Gasteiger partial charge in [-0.1, -0.05) is 11.6 Å². The minimum absolute atomic E-state index is 0.00692. The molecule has 4 nitrogen and oxygen atoms in total. The Bertz CT molecular complexity index is 598. The molecule has 1 aromatic rings. The Morgan fingerprint density at radius 1 is 1.28 bits per heavy atom. The second-order valence-corrected chi connectivity index (χ2v) is 4.28. The second-order valence-electron chi connectivity index (χ2n) is 3.90. The van der Waals surface area contributed by atoms with E-state index in [1.54, 1.807) is 25.1 Å². The van der Waals surface area contributed by atoms with Crippen molar-refractivity contribution in [3.8, 4) is 5.75 Å². The number of rotatable bonds is 1. The molecule has 0 fully saturated rings. The highest BCUT2D eigenvalue weighted by atomic mass is 35.5. The fourth-order valence-corrected chi connectivity index (χ4v) is 1.76. The fourth-order valence-electron chi connectivity index (χ4n) is 1.51. The third-order valence-electron chi connectivity index (χ3n) is 2.52. The number of halogens is 1. The van der Waals surface area contributed by atoms with Crippen LogP contribution >= 0.6 is 11.6 Å². The third kappa shape index (κ3) is 2.28. The van der Waals surface area contributed by atoms with Crippen LogP contribution in [-0.2, 0) is 4.79 Å². The summed E-state index contributed by atoms with van der Waals surface area (Å²) >= 11 is 5.84. The Balaban J connectivity index is 2.45. The van der Waals surface area contributed by atoms with Crippen molar-refractivity contribution >= 4 is 28.8 Å². The molecule has 0 spiro atoms. The number of nitrogens with zero attached hydrogens (tertiary/aromatic N) is 1. The van der Waals surface area contributed by atoms with E-state index in [0.29, 0.717) is 17.0 Å². The van der Waals surface area contributed by atoms with Crippen molar-refractivity contribution in [1.29, 1.82) is 0 Å². The molecule has 1 aliphatic carbocycles. The average Bonchev–Trinajstić information content (AvgIpc) is 2.36. The molecule has 0 amide bonds. The van der Waals surface area contributed by atoms with E-state index in [4.69, 9.17) is 17.3 Å². The number of ketones is 1. The Labute approximate surface area is 109 Å². The molecular formula is C13H11ClN2O2. The number of phenolic OH excluding ortho intramolecular Hbond substituents is 1. The maximum absolute atomic E-state index is 11.6. The van der Waals surface area contributed by atoms with Crippen LogP contribution in [0.3, 0.4) is 0 Å². The van der Waals surface area contributed by atoms with Gasteiger partial charge in [-0.05, 0) is 37.3 Å². The topological polar surface area (TPSA) is 75.7 Å². The molecule has 1 aromatic carbocycles. The first kappa shape index (κ1) is 12.4. The number of nitrogens with two attached hydrogens (primary N) is 1. The van der Waals surface area contributed by atoms with Gasteiger partial charge in [-0.15, -0.1) is 0 Å². The van der Waals surface area contributed by atoms with Crippen LogP contribution in [0.25, 0.3) is 0 Å². The average molecular weight is 263 g/mol. The number of benzene rings is 1. The molecule has 0 bridgehead atoms. The van der Waals surface area contributed by atoms with Gasteiger partial charge in [0.1, 0.15) is 10.8 Å². The molecule has 3 N–H and O–H groups in total. The molecule has 0 radical (unpaired) electrons. The number of allylic oxidation sites excluding steroid dienone is 3. The lowest BCUT2D eigenvalue weighted by Crippen LogP contribution is -2.20. The summed E-state index contributed by atoms with van der Waals surface area (Å²) in [7, 11) is 0. The molecule has 5 heteroatoms. The summed E-state index contributed by atoms with van der Waals surface area (Å²) in [6, 6.07) is 6.32. The van der Waals surface area contributed by atoms with E-state index < -0.39 is 0 Å². The normalized spacial score (nSPS) is 18.2. The van der Waals surface area contributed by atoms with Gasteiger partial charge in [-0.25, -0.2) is 4.99 Å². The first-order chi connectivity index (χ1) is 8.49. The number of carbonyl (C=O) groups excluding carboxylic acids is 1. The molecular weight excluding hydrogens is 252 g/mol. The largest absolute Gasteiger partial charge is 0.508 e. The number of hydrogen-bond acceptors (Lipinski definition) is 4. The van der Waals surface area contributed by atoms with Crippen LogP contribution in [0.5, 0.6) is 5.75 Å². The molecule has 0 atom stereocenters.